The third-order valence-electron chi connectivity index (χ3n) is 0. The van der Waals surface area contributed by atoms with E-state index in [0.29, 0.717) is 0 Å². The van der Waals surface area contributed by atoms with E-state index in [1.807, 2.05) is 0 Å². The van der Waals surface area contributed by atoms with Crippen LogP contribution in [0.4, 0.5) is 0 Å². The van der Waals surface area contributed by atoms with E-state index >= 15 is 0 Å². The van der Waals surface area contributed by atoms with Gasteiger partial charge in [0.05, 0.1) is 0 Å². The Balaban J connectivity index is -0.000000105. The summed E-state index contributed by atoms with van der Waals surface area (Å²) in [5, 5.41) is 0. The van der Waals surface area contributed by atoms with Gasteiger partial charge in [-0.25, -0.2) is 8.42 Å². The van der Waals surface area contributed by atoms with Crippen LogP contribution in [0.5, 0.6) is 0 Å². The first-order valence-corrected chi connectivity index (χ1v) is 5.86. The first-order chi connectivity index (χ1) is 5.15. The second-order valence-electron chi connectivity index (χ2n) is 2.46. The minimum atomic E-state index is -2.67. The Morgan fingerprint density at radius 1 is 1.25 bits per heavy atom. The highest BCUT2D eigenvalue weighted by atomic mass is 32.2. The van der Waals surface area contributed by atoms with Crippen LogP contribution in [0.2, 0.25) is 0 Å². The number of hydrogen-bond donors (Lipinski definition) is 1. The summed E-state index contributed by atoms with van der Waals surface area (Å²) in [7, 11) is -2.67. The number of rotatable bonds is 0. The van der Waals surface area contributed by atoms with Gasteiger partial charge in [-0.1, -0.05) is 20.3 Å². The molecule has 0 spiro atoms. The van der Waals surface area contributed by atoms with Crippen LogP contribution in [-0.4, -0.2) is 26.8 Å². The number of amides is 1. The van der Waals surface area contributed by atoms with Crippen molar-refractivity contribution >= 4 is 15.7 Å². The van der Waals surface area contributed by atoms with Crippen LogP contribution in [0.25, 0.3) is 0 Å². The molecule has 0 bridgehead atoms. The molecule has 2 N–H and O–H groups in total. The smallest absolute Gasteiger partial charge is 0.214 e. The molecule has 76 valence electrons. The Kier molecular flexibility index (Phi) is 15.2. The van der Waals surface area contributed by atoms with E-state index in [9.17, 15) is 13.2 Å². The van der Waals surface area contributed by atoms with Crippen molar-refractivity contribution in [2.75, 3.05) is 12.5 Å². The van der Waals surface area contributed by atoms with Crippen molar-refractivity contribution < 1.29 is 13.2 Å². The Morgan fingerprint density at radius 3 is 1.25 bits per heavy atom. The van der Waals surface area contributed by atoms with E-state index in [1.54, 1.807) is 0 Å². The maximum atomic E-state index is 9.63. The molecule has 0 unspecified atom stereocenters. The largest absolute Gasteiger partial charge is 0.370 e. The normalized spacial score (nSPS) is 8.42. The SMILES string of the molecule is CC(N)=O.CCC.CS(C)(=O)=O. The fraction of sp³-hybridized carbons (Fsp3) is 0.857. The lowest BCUT2D eigenvalue weighted by Crippen LogP contribution is -2.01. The lowest BCUT2D eigenvalue weighted by molar-refractivity contribution is -0.115. The third-order valence-corrected chi connectivity index (χ3v) is 0. The van der Waals surface area contributed by atoms with Crippen molar-refractivity contribution in [3.05, 3.63) is 0 Å². The fourth-order valence-corrected chi connectivity index (χ4v) is 0. The van der Waals surface area contributed by atoms with Crippen molar-refractivity contribution in [2.45, 2.75) is 27.2 Å². The van der Waals surface area contributed by atoms with Crippen LogP contribution >= 0.6 is 0 Å². The molecule has 4 nitrogen and oxygen atoms in total. The van der Waals surface area contributed by atoms with Crippen molar-refractivity contribution in [3.63, 3.8) is 0 Å². The van der Waals surface area contributed by atoms with Gasteiger partial charge in [0.15, 0.2) is 0 Å². The van der Waals surface area contributed by atoms with Crippen molar-refractivity contribution in [3.8, 4) is 0 Å². The maximum Gasteiger partial charge on any atom is 0.214 e. The minimum Gasteiger partial charge on any atom is -0.370 e. The molecule has 0 aromatic heterocycles. The Bertz CT molecular complexity index is 173. The van der Waals surface area contributed by atoms with Crippen LogP contribution in [0.3, 0.4) is 0 Å². The van der Waals surface area contributed by atoms with Gasteiger partial charge in [0.1, 0.15) is 9.84 Å². The number of sulfone groups is 1. The van der Waals surface area contributed by atoms with Gasteiger partial charge in [0.25, 0.3) is 0 Å². The van der Waals surface area contributed by atoms with E-state index in [1.165, 1.54) is 13.3 Å². The molecule has 0 aromatic carbocycles. The van der Waals surface area contributed by atoms with Gasteiger partial charge in [-0.3, -0.25) is 4.79 Å². The van der Waals surface area contributed by atoms with E-state index in [0.717, 1.165) is 12.5 Å². The van der Waals surface area contributed by atoms with E-state index in [-0.39, 0.29) is 5.91 Å². The highest BCUT2D eigenvalue weighted by Gasteiger charge is 1.79. The van der Waals surface area contributed by atoms with Crippen molar-refractivity contribution in [1.82, 2.24) is 0 Å². The maximum absolute atomic E-state index is 9.63. The Hall–Kier alpha value is -0.580. The molecule has 0 aliphatic heterocycles. The minimum absolute atomic E-state index is 0.333. The molecule has 1 amide bonds. The van der Waals surface area contributed by atoms with Crippen molar-refractivity contribution in [2.24, 2.45) is 5.73 Å². The molecule has 0 heterocycles. The van der Waals surface area contributed by atoms with Crippen LogP contribution < -0.4 is 5.73 Å². The topological polar surface area (TPSA) is 77.2 Å². The van der Waals surface area contributed by atoms with Gasteiger partial charge in [-0.15, -0.1) is 0 Å². The summed E-state index contributed by atoms with van der Waals surface area (Å²) in [6, 6.07) is 0. The first kappa shape index (κ1) is 17.5. The number of nitrogens with two attached hydrogens (primary N) is 1. The second kappa shape index (κ2) is 10.4. The van der Waals surface area contributed by atoms with Crippen LogP contribution in [0, 0.1) is 0 Å². The standard InChI is InChI=1S/C3H8.C2H5NO.C2H6O2S/c1-3-2;1-2(3)4;1-5(2,3)4/h3H2,1-2H3;1H3,(H2,3,4);1-2H3. The molecule has 5 heteroatoms. The van der Waals surface area contributed by atoms with Crippen LogP contribution in [0.1, 0.15) is 27.2 Å². The summed E-state index contributed by atoms with van der Waals surface area (Å²) in [4.78, 5) is 9.22. The second-order valence-corrected chi connectivity index (χ2v) is 4.75. The zero-order valence-corrected chi connectivity index (χ0v) is 9.23. The number of hydrogen-bond acceptors (Lipinski definition) is 3. The number of carbonyl (C=O) groups is 1. The molecule has 0 aromatic rings. The molecule has 0 saturated heterocycles. The zero-order chi connectivity index (χ0) is 10.8. The molecule has 0 aliphatic rings. The zero-order valence-electron chi connectivity index (χ0n) is 8.42. The number of carbonyl (C=O) groups excluding carboxylic acids is 1. The summed E-state index contributed by atoms with van der Waals surface area (Å²) in [5.74, 6) is -0.333. The first-order valence-electron chi connectivity index (χ1n) is 3.56. The third kappa shape index (κ3) is 1990. The highest BCUT2D eigenvalue weighted by molar-refractivity contribution is 7.89. The summed E-state index contributed by atoms with van der Waals surface area (Å²) < 4.78 is 19.3. The average Bonchev–Trinajstić information content (AvgIpc) is 1.56. The monoisotopic (exact) mass is 197 g/mol. The van der Waals surface area contributed by atoms with E-state index < -0.39 is 9.84 Å². The Morgan fingerprint density at radius 2 is 1.25 bits per heavy atom. The van der Waals surface area contributed by atoms with Gasteiger partial charge in [0.2, 0.25) is 5.91 Å². The lowest BCUT2D eigenvalue weighted by Gasteiger charge is -1.69. The molecule has 0 rings (SSSR count). The quantitative estimate of drug-likeness (QED) is 0.616. The average molecular weight is 197 g/mol. The lowest BCUT2D eigenvalue weighted by atomic mass is 10.6. The van der Waals surface area contributed by atoms with Gasteiger partial charge >= 0.3 is 0 Å². The summed E-state index contributed by atoms with van der Waals surface area (Å²) >= 11 is 0. The highest BCUT2D eigenvalue weighted by Crippen LogP contribution is 1.61. The summed E-state index contributed by atoms with van der Waals surface area (Å²) in [5.41, 5.74) is 4.47. The number of primary amides is 1. The summed E-state index contributed by atoms with van der Waals surface area (Å²) in [6.07, 6.45) is 3.57. The summed E-state index contributed by atoms with van der Waals surface area (Å²) in [6.45, 7) is 5.56. The molecular formula is C7H19NO3S. The predicted molar refractivity (Wildman–Crippen MR) is 51.6 cm³/mol. The molecule has 0 atom stereocenters. The molecule has 0 fully saturated rings. The van der Waals surface area contributed by atoms with Crippen LogP contribution in [0.15, 0.2) is 0 Å². The molecule has 12 heavy (non-hydrogen) atoms. The Labute approximate surface area is 75.1 Å². The van der Waals surface area contributed by atoms with Crippen molar-refractivity contribution in [1.29, 1.82) is 0 Å². The predicted octanol–water partition coefficient (Wildman–Crippen LogP) is 0.569. The van der Waals surface area contributed by atoms with E-state index in [4.69, 9.17) is 0 Å². The van der Waals surface area contributed by atoms with Crippen LogP contribution in [-0.2, 0) is 14.6 Å². The molecule has 0 radical (unpaired) electrons. The molecule has 0 aliphatic carbocycles. The van der Waals surface area contributed by atoms with Gasteiger partial charge in [0, 0.05) is 19.4 Å². The molecule has 0 saturated carbocycles. The molecular weight excluding hydrogens is 178 g/mol. The van der Waals surface area contributed by atoms with Gasteiger partial charge in [-0.2, -0.15) is 0 Å². The van der Waals surface area contributed by atoms with Gasteiger partial charge < -0.3 is 5.73 Å². The van der Waals surface area contributed by atoms with E-state index in [2.05, 4.69) is 19.6 Å². The fourth-order valence-electron chi connectivity index (χ4n) is 0. The van der Waals surface area contributed by atoms with Gasteiger partial charge in [-0.05, 0) is 0 Å².